The molecule has 1 rings (SSSR count). The number of carbonyl (C=O) groups is 2. The number of nitrogens with two attached hydrogens (primary N) is 1. The van der Waals surface area contributed by atoms with E-state index in [0.29, 0.717) is 12.2 Å². The van der Waals surface area contributed by atoms with Crippen LogP contribution in [0.15, 0.2) is 30.3 Å². The number of hydrogen-bond acceptors (Lipinski definition) is 5. The van der Waals surface area contributed by atoms with Crippen molar-refractivity contribution in [3.8, 4) is 0 Å². The number of ether oxygens (including phenoxy) is 2. The Morgan fingerprint density at radius 3 is 2.59 bits per heavy atom. The summed E-state index contributed by atoms with van der Waals surface area (Å²) in [7, 11) is 0. The van der Waals surface area contributed by atoms with Gasteiger partial charge in [0.25, 0.3) is 0 Å². The fourth-order valence-electron chi connectivity index (χ4n) is 1.71. The van der Waals surface area contributed by atoms with E-state index in [1.54, 1.807) is 58.0 Å². The second-order valence-corrected chi connectivity index (χ2v) is 5.77. The van der Waals surface area contributed by atoms with Crippen molar-refractivity contribution in [1.29, 1.82) is 0 Å². The molecule has 0 aliphatic carbocycles. The van der Waals surface area contributed by atoms with Crippen LogP contribution >= 0.6 is 0 Å². The summed E-state index contributed by atoms with van der Waals surface area (Å²) in [6.07, 6.45) is 2.95. The second kappa shape index (κ2) is 7.75. The van der Waals surface area contributed by atoms with Crippen LogP contribution in [0.4, 0.5) is 0 Å². The number of rotatable bonds is 5. The lowest BCUT2D eigenvalue weighted by Crippen LogP contribution is -2.31. The molecule has 1 atom stereocenters. The van der Waals surface area contributed by atoms with E-state index in [4.69, 9.17) is 15.2 Å². The van der Waals surface area contributed by atoms with Gasteiger partial charge in [0.05, 0.1) is 6.61 Å². The first-order valence-electron chi connectivity index (χ1n) is 7.16. The third kappa shape index (κ3) is 6.10. The Kier molecular flexibility index (Phi) is 6.31. The van der Waals surface area contributed by atoms with Gasteiger partial charge in [-0.1, -0.05) is 18.2 Å². The second-order valence-electron chi connectivity index (χ2n) is 5.77. The van der Waals surface area contributed by atoms with Gasteiger partial charge in [0, 0.05) is 6.08 Å². The molecule has 0 amide bonds. The van der Waals surface area contributed by atoms with E-state index in [2.05, 4.69) is 0 Å². The topological polar surface area (TPSA) is 78.6 Å². The number of esters is 2. The lowest BCUT2D eigenvalue weighted by molar-refractivity contribution is -0.156. The van der Waals surface area contributed by atoms with Crippen molar-refractivity contribution in [2.24, 2.45) is 5.73 Å². The first-order chi connectivity index (χ1) is 10.2. The SMILES string of the molecule is CCOC(=O)/C=C/c1cccc(C(N)C(=O)OC(C)(C)C)c1. The highest BCUT2D eigenvalue weighted by molar-refractivity contribution is 5.87. The van der Waals surface area contributed by atoms with Crippen molar-refractivity contribution in [2.75, 3.05) is 6.61 Å². The molecular formula is C17H23NO4. The van der Waals surface area contributed by atoms with Gasteiger partial charge in [-0.3, -0.25) is 0 Å². The van der Waals surface area contributed by atoms with Crippen LogP contribution in [0.5, 0.6) is 0 Å². The molecule has 5 nitrogen and oxygen atoms in total. The molecule has 0 spiro atoms. The maximum Gasteiger partial charge on any atom is 0.330 e. The van der Waals surface area contributed by atoms with Crippen LogP contribution in [0.25, 0.3) is 6.08 Å². The summed E-state index contributed by atoms with van der Waals surface area (Å²) in [5.41, 5.74) is 6.72. The monoisotopic (exact) mass is 305 g/mol. The summed E-state index contributed by atoms with van der Waals surface area (Å²) in [5.74, 6) is -0.900. The molecule has 0 aliphatic rings. The zero-order valence-electron chi connectivity index (χ0n) is 13.5. The third-order valence-electron chi connectivity index (χ3n) is 2.63. The summed E-state index contributed by atoms with van der Waals surface area (Å²) in [5, 5.41) is 0. The Labute approximate surface area is 131 Å². The average molecular weight is 305 g/mol. The van der Waals surface area contributed by atoms with Crippen molar-refractivity contribution in [2.45, 2.75) is 39.3 Å². The molecule has 0 bridgehead atoms. The Morgan fingerprint density at radius 1 is 1.32 bits per heavy atom. The van der Waals surface area contributed by atoms with Crippen LogP contribution in [0, 0.1) is 0 Å². The average Bonchev–Trinajstić information content (AvgIpc) is 2.43. The Bertz CT molecular complexity index is 558. The van der Waals surface area contributed by atoms with E-state index >= 15 is 0 Å². The van der Waals surface area contributed by atoms with Gasteiger partial charge in [0.1, 0.15) is 11.6 Å². The first-order valence-corrected chi connectivity index (χ1v) is 7.16. The summed E-state index contributed by atoms with van der Waals surface area (Å²) >= 11 is 0. The largest absolute Gasteiger partial charge is 0.463 e. The molecule has 1 aromatic carbocycles. The predicted octanol–water partition coefficient (Wildman–Crippen LogP) is 2.60. The van der Waals surface area contributed by atoms with Crippen molar-refractivity contribution in [3.05, 3.63) is 41.5 Å². The molecule has 2 N–H and O–H groups in total. The van der Waals surface area contributed by atoms with E-state index in [-0.39, 0.29) is 0 Å². The normalized spacial score (nSPS) is 13.0. The van der Waals surface area contributed by atoms with E-state index in [9.17, 15) is 9.59 Å². The number of benzene rings is 1. The van der Waals surface area contributed by atoms with Crippen LogP contribution in [-0.2, 0) is 19.1 Å². The highest BCUT2D eigenvalue weighted by Gasteiger charge is 2.23. The molecule has 0 aromatic heterocycles. The molecular weight excluding hydrogens is 282 g/mol. The number of hydrogen-bond donors (Lipinski definition) is 1. The molecule has 1 unspecified atom stereocenters. The Morgan fingerprint density at radius 2 is 2.00 bits per heavy atom. The van der Waals surface area contributed by atoms with Crippen LogP contribution in [0.3, 0.4) is 0 Å². The smallest absolute Gasteiger partial charge is 0.330 e. The predicted molar refractivity (Wildman–Crippen MR) is 84.9 cm³/mol. The highest BCUT2D eigenvalue weighted by atomic mass is 16.6. The summed E-state index contributed by atoms with van der Waals surface area (Å²) in [4.78, 5) is 23.3. The van der Waals surface area contributed by atoms with Crippen molar-refractivity contribution in [1.82, 2.24) is 0 Å². The van der Waals surface area contributed by atoms with Gasteiger partial charge in [-0.25, -0.2) is 9.59 Å². The summed E-state index contributed by atoms with van der Waals surface area (Å²) < 4.78 is 10.1. The molecule has 120 valence electrons. The molecule has 0 heterocycles. The first kappa shape index (κ1) is 17.9. The van der Waals surface area contributed by atoms with E-state index in [0.717, 1.165) is 5.56 Å². The van der Waals surface area contributed by atoms with Gasteiger partial charge in [0.15, 0.2) is 0 Å². The van der Waals surface area contributed by atoms with Gasteiger partial charge >= 0.3 is 11.9 Å². The van der Waals surface area contributed by atoms with Crippen LogP contribution in [0.1, 0.15) is 44.9 Å². The van der Waals surface area contributed by atoms with Crippen molar-refractivity contribution < 1.29 is 19.1 Å². The van der Waals surface area contributed by atoms with Crippen molar-refractivity contribution in [3.63, 3.8) is 0 Å². The minimum atomic E-state index is -0.866. The maximum atomic E-state index is 12.0. The standard InChI is InChI=1S/C17H23NO4/c1-5-21-14(19)10-9-12-7-6-8-13(11-12)15(18)16(20)22-17(2,3)4/h6-11,15H,5,18H2,1-4H3/b10-9+. The number of carbonyl (C=O) groups excluding carboxylic acids is 2. The zero-order chi connectivity index (χ0) is 16.8. The fourth-order valence-corrected chi connectivity index (χ4v) is 1.71. The van der Waals surface area contributed by atoms with Crippen molar-refractivity contribution >= 4 is 18.0 Å². The molecule has 5 heteroatoms. The molecule has 0 saturated carbocycles. The minimum Gasteiger partial charge on any atom is -0.463 e. The van der Waals surface area contributed by atoms with Gasteiger partial charge < -0.3 is 15.2 Å². The molecule has 0 saturated heterocycles. The quantitative estimate of drug-likeness (QED) is 0.668. The molecule has 22 heavy (non-hydrogen) atoms. The van der Waals surface area contributed by atoms with Gasteiger partial charge in [-0.15, -0.1) is 0 Å². The van der Waals surface area contributed by atoms with Gasteiger partial charge in [0.2, 0.25) is 0 Å². The maximum absolute atomic E-state index is 12.0. The highest BCUT2D eigenvalue weighted by Crippen LogP contribution is 2.18. The van der Waals surface area contributed by atoms with Gasteiger partial charge in [-0.2, -0.15) is 0 Å². The third-order valence-corrected chi connectivity index (χ3v) is 2.63. The minimum absolute atomic E-state index is 0.326. The zero-order valence-corrected chi connectivity index (χ0v) is 13.5. The molecule has 0 radical (unpaired) electrons. The molecule has 1 aromatic rings. The van der Waals surface area contributed by atoms with Gasteiger partial charge in [-0.05, 0) is 51.0 Å². The van der Waals surface area contributed by atoms with Crippen LogP contribution < -0.4 is 5.73 Å². The summed E-state index contributed by atoms with van der Waals surface area (Å²) in [6.45, 7) is 7.43. The van der Waals surface area contributed by atoms with E-state index in [1.807, 2.05) is 0 Å². The summed E-state index contributed by atoms with van der Waals surface area (Å²) in [6, 6.07) is 6.20. The van der Waals surface area contributed by atoms with Crippen LogP contribution in [-0.4, -0.2) is 24.1 Å². The fraction of sp³-hybridized carbons (Fsp3) is 0.412. The molecule has 0 aliphatic heterocycles. The lowest BCUT2D eigenvalue weighted by atomic mass is 10.0. The van der Waals surface area contributed by atoms with E-state index in [1.165, 1.54) is 6.08 Å². The Balaban J connectivity index is 2.83. The Hall–Kier alpha value is -2.14. The lowest BCUT2D eigenvalue weighted by Gasteiger charge is -2.22. The molecule has 0 fully saturated rings. The van der Waals surface area contributed by atoms with E-state index < -0.39 is 23.6 Å². The van der Waals surface area contributed by atoms with Crippen LogP contribution in [0.2, 0.25) is 0 Å².